The third-order valence-corrected chi connectivity index (χ3v) is 9.66. The number of carbonyl (C=O) groups excluding carboxylic acids is 2. The van der Waals surface area contributed by atoms with Crippen LogP contribution in [0.15, 0.2) is 72.8 Å². The van der Waals surface area contributed by atoms with Gasteiger partial charge >= 0.3 is 0 Å². The van der Waals surface area contributed by atoms with Gasteiger partial charge in [0.1, 0.15) is 18.0 Å². The van der Waals surface area contributed by atoms with Crippen molar-refractivity contribution in [2.24, 2.45) is 11.5 Å². The lowest BCUT2D eigenvalue weighted by Gasteiger charge is -2.34. The second-order valence-corrected chi connectivity index (χ2v) is 12.1. The molecule has 0 spiro atoms. The Hall–Kier alpha value is -3.83. The number of halogens is 1. The lowest BCUT2D eigenvalue weighted by molar-refractivity contribution is -0.120. The molecule has 0 saturated carbocycles. The molecule has 3 aromatic carbocycles. The SMILES string of the molecule is CO[C@H]1[C@H](OC)[C@H](c2ccc(C3CNC(C(N)=O)C3)cc2)N(c2ccc(F)cc2)[C@H]1c1ccc(C2CNC(C(N)=O)C2)cc1. The lowest BCUT2D eigenvalue weighted by atomic mass is 9.92. The molecular weight excluding hydrogens is 561 g/mol. The van der Waals surface area contributed by atoms with Gasteiger partial charge in [-0.05, 0) is 71.2 Å². The average molecular weight is 602 g/mol. The van der Waals surface area contributed by atoms with Gasteiger partial charge in [0.15, 0.2) is 0 Å². The number of methoxy groups -OCH3 is 2. The summed E-state index contributed by atoms with van der Waals surface area (Å²) in [7, 11) is 3.39. The summed E-state index contributed by atoms with van der Waals surface area (Å²) in [4.78, 5) is 25.6. The molecule has 0 radical (unpaired) electrons. The van der Waals surface area contributed by atoms with Gasteiger partial charge in [-0.25, -0.2) is 4.39 Å². The van der Waals surface area contributed by atoms with Gasteiger partial charge in [0.2, 0.25) is 11.8 Å². The molecule has 6 N–H and O–H groups in total. The zero-order chi connectivity index (χ0) is 31.0. The number of nitrogens with zero attached hydrogens (tertiary/aromatic N) is 1. The number of hydrogen-bond donors (Lipinski definition) is 4. The molecule has 3 saturated heterocycles. The van der Waals surface area contributed by atoms with E-state index in [-0.39, 0.29) is 65.8 Å². The highest BCUT2D eigenvalue weighted by molar-refractivity contribution is 5.80. The van der Waals surface area contributed by atoms with E-state index < -0.39 is 0 Å². The van der Waals surface area contributed by atoms with Crippen LogP contribution in [-0.2, 0) is 19.1 Å². The summed E-state index contributed by atoms with van der Waals surface area (Å²) < 4.78 is 26.4. The summed E-state index contributed by atoms with van der Waals surface area (Å²) in [6, 6.07) is 22.3. The predicted octanol–water partition coefficient (Wildman–Crippen LogP) is 3.02. The number of ether oxygens (including phenoxy) is 2. The van der Waals surface area contributed by atoms with Crippen LogP contribution in [0.5, 0.6) is 0 Å². The highest BCUT2D eigenvalue weighted by Gasteiger charge is 2.51. The molecule has 0 bridgehead atoms. The minimum Gasteiger partial charge on any atom is -0.376 e. The Bertz CT molecular complexity index is 1380. The molecule has 232 valence electrons. The Morgan fingerprint density at radius 2 is 1.07 bits per heavy atom. The van der Waals surface area contributed by atoms with E-state index in [9.17, 15) is 14.0 Å². The largest absolute Gasteiger partial charge is 0.376 e. The van der Waals surface area contributed by atoms with Crippen LogP contribution < -0.4 is 27.0 Å². The third kappa shape index (κ3) is 5.70. The Morgan fingerprint density at radius 3 is 1.41 bits per heavy atom. The average Bonchev–Trinajstić information content (AvgIpc) is 3.79. The van der Waals surface area contributed by atoms with Crippen LogP contribution in [0, 0.1) is 5.82 Å². The topological polar surface area (TPSA) is 132 Å². The molecule has 3 aromatic rings. The highest BCUT2D eigenvalue weighted by atomic mass is 19.1. The first kappa shape index (κ1) is 30.2. The first-order valence-corrected chi connectivity index (χ1v) is 15.1. The summed E-state index contributed by atoms with van der Waals surface area (Å²) >= 11 is 0. The predicted molar refractivity (Wildman–Crippen MR) is 166 cm³/mol. The fourth-order valence-corrected chi connectivity index (χ4v) is 7.35. The van der Waals surface area contributed by atoms with Gasteiger partial charge in [-0.15, -0.1) is 0 Å². The summed E-state index contributed by atoms with van der Waals surface area (Å²) in [6.45, 7) is 1.39. The summed E-state index contributed by atoms with van der Waals surface area (Å²) in [5.41, 5.74) is 16.3. The Morgan fingerprint density at radius 1 is 0.682 bits per heavy atom. The fourth-order valence-electron chi connectivity index (χ4n) is 7.35. The molecule has 4 unspecified atom stereocenters. The number of hydrogen-bond acceptors (Lipinski definition) is 7. The van der Waals surface area contributed by atoms with Gasteiger partial charge in [0, 0.05) is 33.0 Å². The smallest absolute Gasteiger partial charge is 0.234 e. The van der Waals surface area contributed by atoms with Crippen LogP contribution in [0.25, 0.3) is 0 Å². The number of amides is 2. The fraction of sp³-hybridized carbons (Fsp3) is 0.412. The zero-order valence-corrected chi connectivity index (χ0v) is 25.0. The van der Waals surface area contributed by atoms with Crippen molar-refractivity contribution in [1.29, 1.82) is 0 Å². The molecule has 10 heteroatoms. The van der Waals surface area contributed by atoms with Crippen LogP contribution in [0.2, 0.25) is 0 Å². The van der Waals surface area contributed by atoms with Gasteiger partial charge in [-0.2, -0.15) is 0 Å². The second kappa shape index (κ2) is 12.6. The van der Waals surface area contributed by atoms with Crippen LogP contribution in [0.4, 0.5) is 10.1 Å². The quantitative estimate of drug-likeness (QED) is 0.297. The van der Waals surface area contributed by atoms with Crippen molar-refractivity contribution in [3.8, 4) is 0 Å². The van der Waals surface area contributed by atoms with Crippen molar-refractivity contribution < 1.29 is 23.5 Å². The maximum absolute atomic E-state index is 14.1. The van der Waals surface area contributed by atoms with E-state index in [4.69, 9.17) is 20.9 Å². The molecular formula is C34H40FN5O4. The first-order valence-electron chi connectivity index (χ1n) is 15.1. The van der Waals surface area contributed by atoms with E-state index in [0.29, 0.717) is 25.9 Å². The second-order valence-electron chi connectivity index (χ2n) is 12.1. The van der Waals surface area contributed by atoms with Crippen molar-refractivity contribution >= 4 is 17.5 Å². The molecule has 0 aliphatic carbocycles. The number of anilines is 1. The highest BCUT2D eigenvalue weighted by Crippen LogP contribution is 2.49. The van der Waals surface area contributed by atoms with Gasteiger partial charge in [-0.3, -0.25) is 9.59 Å². The lowest BCUT2D eigenvalue weighted by Crippen LogP contribution is -2.36. The minimum atomic E-state index is -0.330. The molecule has 3 aliphatic heterocycles. The number of rotatable bonds is 9. The Balaban J connectivity index is 1.34. The Kier molecular flexibility index (Phi) is 8.68. The molecule has 2 amide bonds. The third-order valence-electron chi connectivity index (χ3n) is 9.66. The zero-order valence-electron chi connectivity index (χ0n) is 25.0. The number of nitrogens with two attached hydrogens (primary N) is 2. The van der Waals surface area contributed by atoms with Gasteiger partial charge in [-0.1, -0.05) is 48.5 Å². The normalized spacial score (nSPS) is 30.1. The van der Waals surface area contributed by atoms with E-state index in [0.717, 1.165) is 27.9 Å². The molecule has 9 nitrogen and oxygen atoms in total. The van der Waals surface area contributed by atoms with Gasteiger partial charge in [0.05, 0.1) is 24.2 Å². The maximum Gasteiger partial charge on any atom is 0.234 e. The standard InChI is InChI=1S/C34H40FN5O4/c1-43-31-29(21-7-3-19(4-8-21)23-15-27(33(36)41)38-17-23)40(26-13-11-25(35)12-14-26)30(32(31)44-2)22-9-5-20(6-10-22)24-16-28(34(37)42)39-18-24/h3-14,23-24,27-32,38-39H,15-18H2,1-2H3,(H2,36,41)(H2,37,42)/t23?,24?,27?,28?,29-,30-,31+,32+/m0/s1. The van der Waals surface area contributed by atoms with E-state index in [1.165, 1.54) is 12.1 Å². The van der Waals surface area contributed by atoms with Crippen molar-refractivity contribution in [2.75, 3.05) is 32.2 Å². The van der Waals surface area contributed by atoms with Crippen LogP contribution in [0.1, 0.15) is 59.0 Å². The first-order chi connectivity index (χ1) is 21.3. The maximum atomic E-state index is 14.1. The number of benzene rings is 3. The molecule has 3 heterocycles. The number of primary amides is 2. The molecule has 6 rings (SSSR count). The van der Waals surface area contributed by atoms with Crippen LogP contribution in [-0.4, -0.2) is 63.4 Å². The van der Waals surface area contributed by atoms with Gasteiger partial charge < -0.3 is 36.5 Å². The van der Waals surface area contributed by atoms with Crippen LogP contribution >= 0.6 is 0 Å². The molecule has 3 aliphatic rings. The minimum absolute atomic E-state index is 0.197. The van der Waals surface area contributed by atoms with E-state index in [2.05, 4.69) is 64.1 Å². The molecule has 8 atom stereocenters. The van der Waals surface area contributed by atoms with Crippen molar-refractivity contribution in [1.82, 2.24) is 10.6 Å². The monoisotopic (exact) mass is 601 g/mol. The molecule has 44 heavy (non-hydrogen) atoms. The summed E-state index contributed by atoms with van der Waals surface area (Å²) in [6.07, 6.45) is 0.682. The van der Waals surface area contributed by atoms with E-state index in [1.807, 2.05) is 0 Å². The van der Waals surface area contributed by atoms with E-state index in [1.54, 1.807) is 26.4 Å². The summed E-state index contributed by atoms with van der Waals surface area (Å²) in [5.74, 6) is -0.564. The number of nitrogens with one attached hydrogen (secondary N) is 2. The van der Waals surface area contributed by atoms with Crippen LogP contribution in [0.3, 0.4) is 0 Å². The molecule has 3 fully saturated rings. The summed E-state index contributed by atoms with van der Waals surface area (Å²) in [5, 5.41) is 6.43. The Labute approximate surface area is 257 Å². The molecule has 0 aromatic heterocycles. The van der Waals surface area contributed by atoms with Crippen molar-refractivity contribution in [2.45, 2.75) is 61.1 Å². The number of carbonyl (C=O) groups is 2. The van der Waals surface area contributed by atoms with Crippen molar-refractivity contribution in [3.05, 3.63) is 101 Å². The van der Waals surface area contributed by atoms with Crippen molar-refractivity contribution in [3.63, 3.8) is 0 Å². The van der Waals surface area contributed by atoms with E-state index >= 15 is 0 Å². The van der Waals surface area contributed by atoms with Gasteiger partial charge in [0.25, 0.3) is 0 Å².